The summed E-state index contributed by atoms with van der Waals surface area (Å²) in [7, 11) is 0. The summed E-state index contributed by atoms with van der Waals surface area (Å²) >= 11 is 4.84. The minimum absolute atomic E-state index is 0.165. The first-order valence-corrected chi connectivity index (χ1v) is 19.1. The predicted molar refractivity (Wildman–Crippen MR) is 211 cm³/mol. The number of carbonyl (C=O) groups is 1. The van der Waals surface area contributed by atoms with Crippen molar-refractivity contribution in [2.24, 2.45) is 4.99 Å². The molecule has 0 saturated carbocycles. The Morgan fingerprint density at radius 3 is 2.10 bits per heavy atom. The fourth-order valence-corrected chi connectivity index (χ4v) is 8.50. The van der Waals surface area contributed by atoms with Crippen LogP contribution in [0.2, 0.25) is 0 Å². The molecule has 51 heavy (non-hydrogen) atoms. The van der Waals surface area contributed by atoms with E-state index >= 15 is 0 Å². The Hall–Kier alpha value is -4.79. The van der Waals surface area contributed by atoms with Crippen LogP contribution in [0.15, 0.2) is 130 Å². The van der Waals surface area contributed by atoms with E-state index < -0.39 is 0 Å². The standard InChI is InChI=1S/C43H38BrN3O3S/c1-2-49-39-23-29(15-18-38(39)50-27-28-13-16-32(44)17-14-28)24-40-42(48)46-43(51-40)45-33-25-36-34(30-9-5-3-6-10-30)19-21-47-22-20-35(37(26-33)41(36)47)31-11-7-4-8-12-31/h3-18,23-26,34-35H,2,19-22,27H2,1H3,(H,45,46,48)/b40-24-/t34-,35-/m0/s1. The summed E-state index contributed by atoms with van der Waals surface area (Å²) in [6, 6.07) is 40.0. The third kappa shape index (κ3) is 7.21. The summed E-state index contributed by atoms with van der Waals surface area (Å²) < 4.78 is 13.1. The lowest BCUT2D eigenvalue weighted by atomic mass is 9.76. The normalized spacial score (nSPS) is 19.6. The third-order valence-corrected chi connectivity index (χ3v) is 11.2. The second-order valence-corrected chi connectivity index (χ2v) is 14.9. The Morgan fingerprint density at radius 1 is 0.824 bits per heavy atom. The van der Waals surface area contributed by atoms with Crippen molar-refractivity contribution in [2.45, 2.75) is 38.2 Å². The number of amides is 1. The summed E-state index contributed by atoms with van der Waals surface area (Å²) in [5.41, 5.74) is 9.43. The van der Waals surface area contributed by atoms with E-state index in [9.17, 15) is 4.79 Å². The van der Waals surface area contributed by atoms with Crippen LogP contribution in [0.25, 0.3) is 6.08 Å². The minimum atomic E-state index is -0.165. The van der Waals surface area contributed by atoms with Crippen LogP contribution in [0.4, 0.5) is 11.4 Å². The topological polar surface area (TPSA) is 63.2 Å². The molecule has 3 aliphatic heterocycles. The zero-order valence-corrected chi connectivity index (χ0v) is 30.8. The fourth-order valence-electron chi connectivity index (χ4n) is 7.40. The number of benzene rings is 5. The first-order chi connectivity index (χ1) is 25.0. The smallest absolute Gasteiger partial charge is 0.264 e. The molecular weight excluding hydrogens is 718 g/mol. The third-order valence-electron chi connectivity index (χ3n) is 9.75. The van der Waals surface area contributed by atoms with Crippen LogP contribution >= 0.6 is 27.7 Å². The highest BCUT2D eigenvalue weighted by Crippen LogP contribution is 2.50. The van der Waals surface area contributed by atoms with Gasteiger partial charge in [0.15, 0.2) is 16.7 Å². The Morgan fingerprint density at radius 2 is 1.47 bits per heavy atom. The molecule has 0 spiro atoms. The van der Waals surface area contributed by atoms with Crippen molar-refractivity contribution in [1.29, 1.82) is 0 Å². The van der Waals surface area contributed by atoms with Crippen LogP contribution < -0.4 is 19.7 Å². The van der Waals surface area contributed by atoms with E-state index in [4.69, 9.17) is 14.5 Å². The average molecular weight is 757 g/mol. The van der Waals surface area contributed by atoms with Gasteiger partial charge in [0.25, 0.3) is 5.91 Å². The maximum absolute atomic E-state index is 13.3. The highest BCUT2D eigenvalue weighted by atomic mass is 79.9. The lowest BCUT2D eigenvalue weighted by Crippen LogP contribution is -2.37. The molecule has 1 fully saturated rings. The molecule has 8 heteroatoms. The first-order valence-electron chi connectivity index (χ1n) is 17.5. The predicted octanol–water partition coefficient (Wildman–Crippen LogP) is 10.2. The number of anilines is 1. The second kappa shape index (κ2) is 14.8. The molecule has 8 rings (SSSR count). The van der Waals surface area contributed by atoms with Crippen LogP contribution in [0.3, 0.4) is 0 Å². The number of amidine groups is 1. The van der Waals surface area contributed by atoms with Crippen LogP contribution in [0, 0.1) is 0 Å². The average Bonchev–Trinajstić information content (AvgIpc) is 3.50. The summed E-state index contributed by atoms with van der Waals surface area (Å²) in [6.45, 7) is 4.95. The monoisotopic (exact) mass is 755 g/mol. The minimum Gasteiger partial charge on any atom is -0.490 e. The molecule has 1 amide bonds. The van der Waals surface area contributed by atoms with E-state index in [0.29, 0.717) is 34.8 Å². The summed E-state index contributed by atoms with van der Waals surface area (Å²) in [6.07, 6.45) is 4.00. The molecule has 2 atom stereocenters. The zero-order valence-electron chi connectivity index (χ0n) is 28.3. The van der Waals surface area contributed by atoms with Gasteiger partial charge in [-0.2, -0.15) is 0 Å². The molecule has 0 aliphatic carbocycles. The van der Waals surface area contributed by atoms with Gasteiger partial charge in [-0.3, -0.25) is 4.79 Å². The van der Waals surface area contributed by atoms with Crippen LogP contribution in [0.1, 0.15) is 65.0 Å². The van der Waals surface area contributed by atoms with Crippen molar-refractivity contribution in [2.75, 3.05) is 24.6 Å². The van der Waals surface area contributed by atoms with Crippen molar-refractivity contribution in [3.63, 3.8) is 0 Å². The van der Waals surface area contributed by atoms with Gasteiger partial charge in [-0.15, -0.1) is 0 Å². The van der Waals surface area contributed by atoms with Gasteiger partial charge in [-0.25, -0.2) is 4.99 Å². The zero-order chi connectivity index (χ0) is 34.7. The number of carbonyl (C=O) groups excluding carboxylic acids is 1. The van der Waals surface area contributed by atoms with Gasteiger partial charge in [-0.05, 0) is 107 Å². The number of ether oxygens (including phenoxy) is 2. The van der Waals surface area contributed by atoms with E-state index in [1.54, 1.807) is 0 Å². The molecule has 6 nitrogen and oxygen atoms in total. The Kier molecular flexibility index (Phi) is 9.70. The molecule has 0 aromatic heterocycles. The molecule has 3 aliphatic rings. The van der Waals surface area contributed by atoms with E-state index in [-0.39, 0.29) is 17.7 Å². The second-order valence-electron chi connectivity index (χ2n) is 13.0. The van der Waals surface area contributed by atoms with Crippen molar-refractivity contribution in [3.8, 4) is 11.5 Å². The van der Waals surface area contributed by atoms with Gasteiger partial charge in [0.05, 0.1) is 17.2 Å². The van der Waals surface area contributed by atoms with Crippen molar-refractivity contribution < 1.29 is 14.3 Å². The molecule has 0 bridgehead atoms. The van der Waals surface area contributed by atoms with Gasteiger partial charge in [-0.1, -0.05) is 94.8 Å². The SMILES string of the molecule is CCOc1cc(/C=C2\SC(=Nc3cc4c5c(c3)[C@H](c3ccccc3)CCN5CC[C@H]4c3ccccc3)NC2=O)ccc1OCc1ccc(Br)cc1. The van der Waals surface area contributed by atoms with Crippen LogP contribution in [0.5, 0.6) is 11.5 Å². The number of hydrogen-bond donors (Lipinski definition) is 1. The molecule has 0 radical (unpaired) electrons. The summed E-state index contributed by atoms with van der Waals surface area (Å²) in [4.78, 5) is 21.5. The number of nitrogens with zero attached hydrogens (tertiary/aromatic N) is 2. The Balaban J connectivity index is 1.10. The van der Waals surface area contributed by atoms with E-state index in [1.807, 2.05) is 55.5 Å². The summed E-state index contributed by atoms with van der Waals surface area (Å²) in [5, 5.41) is 3.61. The summed E-state index contributed by atoms with van der Waals surface area (Å²) in [5.74, 6) is 1.70. The van der Waals surface area contributed by atoms with Crippen LogP contribution in [-0.2, 0) is 11.4 Å². The van der Waals surface area contributed by atoms with Crippen molar-refractivity contribution in [1.82, 2.24) is 5.32 Å². The van der Waals surface area contributed by atoms with E-state index in [1.165, 1.54) is 39.7 Å². The number of rotatable bonds is 9. The Labute approximate surface area is 311 Å². The molecular formula is C43H38BrN3O3S. The number of aliphatic imine (C=N–C) groups is 1. The van der Waals surface area contributed by atoms with Gasteiger partial charge in [0, 0.05) is 35.1 Å². The lowest BCUT2D eigenvalue weighted by molar-refractivity contribution is -0.115. The molecule has 256 valence electrons. The molecule has 1 saturated heterocycles. The highest BCUT2D eigenvalue weighted by molar-refractivity contribution is 9.10. The van der Waals surface area contributed by atoms with Crippen molar-refractivity contribution in [3.05, 3.63) is 158 Å². The number of nitrogens with one attached hydrogen (secondary N) is 1. The van der Waals surface area contributed by atoms with Gasteiger partial charge in [0.2, 0.25) is 0 Å². The molecule has 5 aromatic carbocycles. The van der Waals surface area contributed by atoms with E-state index in [2.05, 4.69) is 98.9 Å². The fraction of sp³-hybridized carbons (Fsp3) is 0.209. The van der Waals surface area contributed by atoms with Crippen LogP contribution in [-0.4, -0.2) is 30.8 Å². The van der Waals surface area contributed by atoms with Gasteiger partial charge in [0.1, 0.15) is 6.61 Å². The molecule has 0 unspecified atom stereocenters. The van der Waals surface area contributed by atoms with Gasteiger partial charge < -0.3 is 19.7 Å². The lowest BCUT2D eigenvalue weighted by Gasteiger charge is -2.43. The Bertz CT molecular complexity index is 2050. The highest BCUT2D eigenvalue weighted by Gasteiger charge is 2.35. The maximum Gasteiger partial charge on any atom is 0.264 e. The number of halogens is 1. The first kappa shape index (κ1) is 33.4. The quantitative estimate of drug-likeness (QED) is 0.152. The number of thioether (sulfide) groups is 1. The largest absolute Gasteiger partial charge is 0.490 e. The molecule has 3 heterocycles. The molecule has 1 N–H and O–H groups in total. The van der Waals surface area contributed by atoms with Crippen molar-refractivity contribution >= 4 is 56.2 Å². The molecule has 5 aromatic rings. The maximum atomic E-state index is 13.3. The van der Waals surface area contributed by atoms with Gasteiger partial charge >= 0.3 is 0 Å². The van der Waals surface area contributed by atoms with E-state index in [0.717, 1.165) is 47.2 Å². The number of hydrogen-bond acceptors (Lipinski definition) is 6.